The smallest absolute Gasteiger partial charge is 0.0774 e. The minimum Gasteiger partial charge on any atom is -0.389 e. The average molecular weight is 237 g/mol. The van der Waals surface area contributed by atoms with Gasteiger partial charge in [0.05, 0.1) is 17.0 Å². The number of aliphatic hydroxyl groups is 1. The van der Waals surface area contributed by atoms with Gasteiger partial charge in [0.15, 0.2) is 0 Å². The third-order valence-electron chi connectivity index (χ3n) is 3.63. The van der Waals surface area contributed by atoms with Crippen LogP contribution < -0.4 is 0 Å². The van der Waals surface area contributed by atoms with Crippen molar-refractivity contribution in [3.8, 4) is 0 Å². The van der Waals surface area contributed by atoms with Crippen molar-refractivity contribution in [3.05, 3.63) is 17.5 Å². The Kier molecular flexibility index (Phi) is 3.54. The molecule has 1 aromatic heterocycles. The molecule has 1 saturated carbocycles. The van der Waals surface area contributed by atoms with Crippen LogP contribution >= 0.6 is 0 Å². The van der Waals surface area contributed by atoms with E-state index in [0.29, 0.717) is 0 Å². The lowest BCUT2D eigenvalue weighted by atomic mass is 10.0. The van der Waals surface area contributed by atoms with Crippen LogP contribution in [-0.2, 0) is 13.6 Å². The molecule has 0 saturated heterocycles. The van der Waals surface area contributed by atoms with Gasteiger partial charge in [0.25, 0.3) is 0 Å². The van der Waals surface area contributed by atoms with E-state index in [-0.39, 0.29) is 0 Å². The number of likely N-dealkylation sites (N-methyl/N-ethyl adjacent to an activating group) is 1. The van der Waals surface area contributed by atoms with Crippen molar-refractivity contribution < 1.29 is 5.11 Å². The van der Waals surface area contributed by atoms with E-state index in [0.717, 1.165) is 44.5 Å². The SMILES string of the molecule is Cc1cc(CN(C)CC2(O)CCCC2)n(C)n1. The summed E-state index contributed by atoms with van der Waals surface area (Å²) in [5.41, 5.74) is 1.80. The summed E-state index contributed by atoms with van der Waals surface area (Å²) in [5, 5.41) is 14.7. The van der Waals surface area contributed by atoms with Crippen LogP contribution in [0.2, 0.25) is 0 Å². The first-order valence-corrected chi connectivity index (χ1v) is 6.39. The molecule has 17 heavy (non-hydrogen) atoms. The van der Waals surface area contributed by atoms with Crippen LogP contribution in [0.15, 0.2) is 6.07 Å². The van der Waals surface area contributed by atoms with Crippen molar-refractivity contribution in [2.45, 2.75) is 44.8 Å². The molecule has 4 nitrogen and oxygen atoms in total. The second-order valence-corrected chi connectivity index (χ2v) is 5.50. The van der Waals surface area contributed by atoms with Gasteiger partial charge < -0.3 is 5.11 Å². The molecule has 1 fully saturated rings. The van der Waals surface area contributed by atoms with E-state index in [4.69, 9.17) is 0 Å². The van der Waals surface area contributed by atoms with E-state index in [2.05, 4.69) is 23.1 Å². The van der Waals surface area contributed by atoms with Gasteiger partial charge in [-0.1, -0.05) is 12.8 Å². The van der Waals surface area contributed by atoms with E-state index < -0.39 is 5.60 Å². The maximum Gasteiger partial charge on any atom is 0.0774 e. The maximum absolute atomic E-state index is 10.4. The lowest BCUT2D eigenvalue weighted by Crippen LogP contribution is -2.39. The second-order valence-electron chi connectivity index (χ2n) is 5.50. The number of hydrogen-bond donors (Lipinski definition) is 1. The second kappa shape index (κ2) is 4.78. The molecule has 0 radical (unpaired) electrons. The maximum atomic E-state index is 10.4. The Hall–Kier alpha value is -0.870. The molecule has 0 aliphatic heterocycles. The summed E-state index contributed by atoms with van der Waals surface area (Å²) in [6, 6.07) is 2.11. The molecule has 1 aromatic rings. The van der Waals surface area contributed by atoms with Gasteiger partial charge >= 0.3 is 0 Å². The van der Waals surface area contributed by atoms with E-state index in [9.17, 15) is 5.11 Å². The van der Waals surface area contributed by atoms with Gasteiger partial charge in [-0.3, -0.25) is 9.58 Å². The van der Waals surface area contributed by atoms with Crippen LogP contribution in [0, 0.1) is 6.92 Å². The zero-order valence-electron chi connectivity index (χ0n) is 11.1. The molecule has 2 rings (SSSR count). The molecule has 0 bridgehead atoms. The van der Waals surface area contributed by atoms with Crippen LogP contribution in [0.3, 0.4) is 0 Å². The molecule has 1 aliphatic carbocycles. The van der Waals surface area contributed by atoms with Crippen molar-refractivity contribution in [3.63, 3.8) is 0 Å². The van der Waals surface area contributed by atoms with Gasteiger partial charge in [-0.05, 0) is 32.9 Å². The van der Waals surface area contributed by atoms with Crippen molar-refractivity contribution in [2.24, 2.45) is 7.05 Å². The molecule has 1 heterocycles. The van der Waals surface area contributed by atoms with Crippen molar-refractivity contribution >= 4 is 0 Å². The summed E-state index contributed by atoms with van der Waals surface area (Å²) in [7, 11) is 4.04. The zero-order valence-corrected chi connectivity index (χ0v) is 11.1. The minimum absolute atomic E-state index is 0.456. The molecule has 0 spiro atoms. The lowest BCUT2D eigenvalue weighted by Gasteiger charge is -2.28. The molecule has 4 heteroatoms. The summed E-state index contributed by atoms with van der Waals surface area (Å²) < 4.78 is 1.92. The fourth-order valence-electron chi connectivity index (χ4n) is 2.84. The highest BCUT2D eigenvalue weighted by molar-refractivity contribution is 5.08. The summed E-state index contributed by atoms with van der Waals surface area (Å²) in [5.74, 6) is 0. The van der Waals surface area contributed by atoms with E-state index in [1.807, 2.05) is 18.7 Å². The first-order valence-electron chi connectivity index (χ1n) is 6.39. The normalized spacial score (nSPS) is 19.1. The van der Waals surface area contributed by atoms with E-state index >= 15 is 0 Å². The van der Waals surface area contributed by atoms with Crippen molar-refractivity contribution in [2.75, 3.05) is 13.6 Å². The van der Waals surface area contributed by atoms with Crippen LogP contribution in [-0.4, -0.2) is 39.0 Å². The van der Waals surface area contributed by atoms with Crippen molar-refractivity contribution in [1.82, 2.24) is 14.7 Å². The van der Waals surface area contributed by atoms with Gasteiger partial charge in [0.1, 0.15) is 0 Å². The Bertz CT molecular complexity index is 380. The van der Waals surface area contributed by atoms with E-state index in [1.165, 1.54) is 5.69 Å². The molecule has 96 valence electrons. The van der Waals surface area contributed by atoms with Gasteiger partial charge in [-0.15, -0.1) is 0 Å². The average Bonchev–Trinajstić information content (AvgIpc) is 2.74. The molecule has 0 aromatic carbocycles. The zero-order chi connectivity index (χ0) is 12.5. The van der Waals surface area contributed by atoms with Gasteiger partial charge in [0.2, 0.25) is 0 Å². The Morgan fingerprint density at radius 2 is 2.12 bits per heavy atom. The summed E-state index contributed by atoms with van der Waals surface area (Å²) >= 11 is 0. The fourth-order valence-corrected chi connectivity index (χ4v) is 2.84. The molecule has 1 aliphatic rings. The predicted molar refractivity (Wildman–Crippen MR) is 67.7 cm³/mol. The lowest BCUT2D eigenvalue weighted by molar-refractivity contribution is 0.0140. The van der Waals surface area contributed by atoms with Gasteiger partial charge in [-0.25, -0.2) is 0 Å². The van der Waals surface area contributed by atoms with Gasteiger partial charge in [-0.2, -0.15) is 5.10 Å². The highest BCUT2D eigenvalue weighted by atomic mass is 16.3. The Morgan fingerprint density at radius 3 is 2.65 bits per heavy atom. The first-order chi connectivity index (χ1) is 7.98. The number of hydrogen-bond acceptors (Lipinski definition) is 3. The molecule has 0 unspecified atom stereocenters. The van der Waals surface area contributed by atoms with Crippen molar-refractivity contribution in [1.29, 1.82) is 0 Å². The molecular formula is C13H23N3O. The summed E-state index contributed by atoms with van der Waals surface area (Å²) in [6.45, 7) is 3.62. The van der Waals surface area contributed by atoms with Gasteiger partial charge in [0, 0.05) is 20.1 Å². The largest absolute Gasteiger partial charge is 0.389 e. The van der Waals surface area contributed by atoms with Crippen LogP contribution in [0.1, 0.15) is 37.1 Å². The van der Waals surface area contributed by atoms with Crippen LogP contribution in [0.25, 0.3) is 0 Å². The third kappa shape index (κ3) is 3.07. The Balaban J connectivity index is 1.93. The van der Waals surface area contributed by atoms with Crippen LogP contribution in [0.4, 0.5) is 0 Å². The highest BCUT2D eigenvalue weighted by Gasteiger charge is 2.32. The Labute approximate surface area is 103 Å². The van der Waals surface area contributed by atoms with Crippen LogP contribution in [0.5, 0.6) is 0 Å². The number of rotatable bonds is 4. The summed E-state index contributed by atoms with van der Waals surface area (Å²) in [6.07, 6.45) is 4.22. The molecule has 0 atom stereocenters. The van der Waals surface area contributed by atoms with E-state index in [1.54, 1.807) is 0 Å². The topological polar surface area (TPSA) is 41.3 Å². The Morgan fingerprint density at radius 1 is 1.47 bits per heavy atom. The first kappa shape index (κ1) is 12.6. The quantitative estimate of drug-likeness (QED) is 0.862. The minimum atomic E-state index is -0.456. The summed E-state index contributed by atoms with van der Waals surface area (Å²) in [4.78, 5) is 2.20. The number of aryl methyl sites for hydroxylation is 2. The molecule has 0 amide bonds. The molecule has 1 N–H and O–H groups in total. The third-order valence-corrected chi connectivity index (χ3v) is 3.63. The highest BCUT2D eigenvalue weighted by Crippen LogP contribution is 2.30. The fraction of sp³-hybridized carbons (Fsp3) is 0.769. The monoisotopic (exact) mass is 237 g/mol. The number of nitrogens with zero attached hydrogens (tertiary/aromatic N) is 3. The molecular weight excluding hydrogens is 214 g/mol. The standard InChI is InChI=1S/C13H23N3O/c1-11-8-12(16(3)14-11)9-15(2)10-13(17)6-4-5-7-13/h8,17H,4-7,9-10H2,1-3H3. The number of aromatic nitrogens is 2. The predicted octanol–water partition coefficient (Wildman–Crippen LogP) is 1.47.